The molecule has 3 nitrogen and oxygen atoms in total. The molecule has 20 heavy (non-hydrogen) atoms. The van der Waals surface area contributed by atoms with Crippen molar-refractivity contribution < 1.29 is 4.79 Å². The molecule has 1 amide bonds. The van der Waals surface area contributed by atoms with Crippen LogP contribution in [0.15, 0.2) is 0 Å². The van der Waals surface area contributed by atoms with Crippen LogP contribution >= 0.6 is 0 Å². The highest BCUT2D eigenvalue weighted by Gasteiger charge is 2.54. The van der Waals surface area contributed by atoms with Crippen molar-refractivity contribution in [2.75, 3.05) is 20.1 Å². The molecule has 5 rings (SSSR count). The third kappa shape index (κ3) is 2.01. The number of rotatable bonds is 4. The van der Waals surface area contributed by atoms with Crippen LogP contribution in [0.25, 0.3) is 0 Å². The zero-order valence-electron chi connectivity index (χ0n) is 12.7. The van der Waals surface area contributed by atoms with Gasteiger partial charge in [-0.2, -0.15) is 0 Å². The Labute approximate surface area is 122 Å². The third-order valence-electron chi connectivity index (χ3n) is 6.75. The molecule has 4 saturated carbocycles. The lowest BCUT2D eigenvalue weighted by Crippen LogP contribution is -2.58. The van der Waals surface area contributed by atoms with Crippen LogP contribution in [-0.4, -0.2) is 37.0 Å². The number of nitrogens with zero attached hydrogens (tertiary/aromatic N) is 1. The van der Waals surface area contributed by atoms with E-state index in [0.29, 0.717) is 17.4 Å². The number of nitrogens with one attached hydrogen (secondary N) is 1. The first kappa shape index (κ1) is 13.1. The molecule has 0 aromatic carbocycles. The molecule has 3 heteroatoms. The van der Waals surface area contributed by atoms with Gasteiger partial charge in [0.1, 0.15) is 0 Å². The Morgan fingerprint density at radius 1 is 1.20 bits per heavy atom. The van der Waals surface area contributed by atoms with Gasteiger partial charge in [0.05, 0.1) is 0 Å². The highest BCUT2D eigenvalue weighted by atomic mass is 16.2. The lowest BCUT2D eigenvalue weighted by atomic mass is 9.47. The maximum atomic E-state index is 12.0. The molecule has 0 radical (unpaired) electrons. The Hall–Kier alpha value is -0.570. The fourth-order valence-electron chi connectivity index (χ4n) is 6.31. The summed E-state index contributed by atoms with van der Waals surface area (Å²) in [6, 6.07) is 0.526. The van der Waals surface area contributed by atoms with Crippen LogP contribution in [0.5, 0.6) is 0 Å². The molecule has 0 spiro atoms. The Balaban J connectivity index is 1.53. The summed E-state index contributed by atoms with van der Waals surface area (Å²) in [5, 5.41) is 3.61. The number of carbonyl (C=O) groups is 1. The fourth-order valence-corrected chi connectivity index (χ4v) is 6.31. The molecule has 1 aliphatic heterocycles. The second kappa shape index (κ2) is 4.72. The van der Waals surface area contributed by atoms with E-state index in [0.717, 1.165) is 43.7 Å². The van der Waals surface area contributed by atoms with Crippen molar-refractivity contribution in [1.29, 1.82) is 0 Å². The average molecular weight is 276 g/mol. The minimum atomic E-state index is 0.384. The van der Waals surface area contributed by atoms with Crippen molar-refractivity contribution in [1.82, 2.24) is 10.2 Å². The van der Waals surface area contributed by atoms with Crippen LogP contribution in [0.2, 0.25) is 0 Å². The first-order chi connectivity index (χ1) is 9.68. The number of carbonyl (C=O) groups excluding carboxylic acids is 1. The van der Waals surface area contributed by atoms with Crippen LogP contribution in [0.4, 0.5) is 0 Å². The molecular formula is C17H28N2O. The second-order valence-corrected chi connectivity index (χ2v) is 8.06. The molecule has 4 bridgehead atoms. The van der Waals surface area contributed by atoms with E-state index in [-0.39, 0.29) is 0 Å². The van der Waals surface area contributed by atoms with E-state index < -0.39 is 0 Å². The smallest absolute Gasteiger partial charge is 0.222 e. The molecule has 5 fully saturated rings. The van der Waals surface area contributed by atoms with E-state index in [2.05, 4.69) is 17.3 Å². The van der Waals surface area contributed by atoms with Gasteiger partial charge in [-0.25, -0.2) is 0 Å². The van der Waals surface area contributed by atoms with Crippen LogP contribution in [-0.2, 0) is 4.79 Å². The van der Waals surface area contributed by atoms with E-state index >= 15 is 0 Å². The van der Waals surface area contributed by atoms with Gasteiger partial charge in [-0.3, -0.25) is 4.79 Å². The minimum Gasteiger partial charge on any atom is -0.341 e. The maximum absolute atomic E-state index is 12.0. The van der Waals surface area contributed by atoms with Gasteiger partial charge in [0.2, 0.25) is 5.91 Å². The first-order valence-electron chi connectivity index (χ1n) is 8.63. The molecule has 1 heterocycles. The minimum absolute atomic E-state index is 0.384. The molecule has 112 valence electrons. The Kier molecular flexibility index (Phi) is 3.10. The van der Waals surface area contributed by atoms with Crippen LogP contribution < -0.4 is 5.32 Å². The summed E-state index contributed by atoms with van der Waals surface area (Å²) in [5.74, 6) is 3.36. The number of likely N-dealkylation sites (N-methyl/N-ethyl adjacent to an activating group) is 1. The summed E-state index contributed by atoms with van der Waals surface area (Å²) in [5.41, 5.74) is 0.506. The van der Waals surface area contributed by atoms with Crippen molar-refractivity contribution in [3.05, 3.63) is 0 Å². The lowest BCUT2D eigenvalue weighted by molar-refractivity contribution is -0.129. The first-order valence-corrected chi connectivity index (χ1v) is 8.63. The largest absolute Gasteiger partial charge is 0.341 e. The van der Waals surface area contributed by atoms with Crippen molar-refractivity contribution in [3.8, 4) is 0 Å². The van der Waals surface area contributed by atoms with E-state index in [9.17, 15) is 4.79 Å². The maximum Gasteiger partial charge on any atom is 0.222 e. The van der Waals surface area contributed by atoms with Crippen LogP contribution in [0.3, 0.4) is 0 Å². The Morgan fingerprint density at radius 3 is 2.25 bits per heavy atom. The van der Waals surface area contributed by atoms with Gasteiger partial charge in [-0.05, 0) is 75.2 Å². The number of likely N-dealkylation sites (tertiary alicyclic amines) is 1. The number of hydrogen-bond donors (Lipinski definition) is 1. The molecule has 1 unspecified atom stereocenters. The topological polar surface area (TPSA) is 32.3 Å². The van der Waals surface area contributed by atoms with E-state index in [1.54, 1.807) is 0 Å². The quantitative estimate of drug-likeness (QED) is 0.855. The molecule has 0 aromatic rings. The molecule has 1 atom stereocenters. The molecule has 0 aromatic heterocycles. The van der Waals surface area contributed by atoms with Crippen molar-refractivity contribution in [3.63, 3.8) is 0 Å². The SMILES string of the molecule is CNC(CN1CCCC1=O)C12CC3CC(CC(C3)C1)C2. The van der Waals surface area contributed by atoms with E-state index in [4.69, 9.17) is 0 Å². The van der Waals surface area contributed by atoms with Gasteiger partial charge in [-0.15, -0.1) is 0 Å². The van der Waals surface area contributed by atoms with E-state index in [1.807, 2.05) is 0 Å². The van der Waals surface area contributed by atoms with Gasteiger partial charge < -0.3 is 10.2 Å². The number of amides is 1. The Bertz CT molecular complexity index is 371. The molecule has 1 saturated heterocycles. The lowest BCUT2D eigenvalue weighted by Gasteiger charge is -2.59. The highest BCUT2D eigenvalue weighted by Crippen LogP contribution is 2.61. The normalized spacial score (nSPS) is 44.4. The molecule has 5 aliphatic rings. The second-order valence-electron chi connectivity index (χ2n) is 8.06. The summed E-state index contributed by atoms with van der Waals surface area (Å²) in [6.45, 7) is 1.95. The predicted octanol–water partition coefficient (Wildman–Crippen LogP) is 2.41. The predicted molar refractivity (Wildman–Crippen MR) is 79.3 cm³/mol. The van der Waals surface area contributed by atoms with Gasteiger partial charge in [0.15, 0.2) is 0 Å². The summed E-state index contributed by atoms with van der Waals surface area (Å²) in [7, 11) is 2.11. The summed E-state index contributed by atoms with van der Waals surface area (Å²) < 4.78 is 0. The third-order valence-corrected chi connectivity index (χ3v) is 6.75. The standard InChI is InChI=1S/C17H28N2O/c1-18-15(11-19-4-2-3-16(19)20)17-8-12-5-13(9-17)7-14(6-12)10-17/h12-15,18H,2-11H2,1H3. The summed E-state index contributed by atoms with van der Waals surface area (Å²) >= 11 is 0. The Morgan fingerprint density at radius 2 is 1.80 bits per heavy atom. The monoisotopic (exact) mass is 276 g/mol. The van der Waals surface area contributed by atoms with Gasteiger partial charge in [0, 0.05) is 25.6 Å². The highest BCUT2D eigenvalue weighted by molar-refractivity contribution is 5.78. The molecule has 1 N–H and O–H groups in total. The summed E-state index contributed by atoms with van der Waals surface area (Å²) in [6.07, 6.45) is 10.6. The molecular weight excluding hydrogens is 248 g/mol. The summed E-state index contributed by atoms with van der Waals surface area (Å²) in [4.78, 5) is 14.1. The van der Waals surface area contributed by atoms with Gasteiger partial charge in [-0.1, -0.05) is 0 Å². The van der Waals surface area contributed by atoms with Crippen LogP contribution in [0.1, 0.15) is 51.4 Å². The van der Waals surface area contributed by atoms with Gasteiger partial charge in [0.25, 0.3) is 0 Å². The van der Waals surface area contributed by atoms with Crippen molar-refractivity contribution >= 4 is 5.91 Å². The zero-order valence-corrected chi connectivity index (χ0v) is 12.7. The van der Waals surface area contributed by atoms with Gasteiger partial charge >= 0.3 is 0 Å². The average Bonchev–Trinajstić information content (AvgIpc) is 2.79. The molecule has 4 aliphatic carbocycles. The zero-order chi connectivity index (χ0) is 13.7. The van der Waals surface area contributed by atoms with Crippen molar-refractivity contribution in [2.24, 2.45) is 23.2 Å². The number of hydrogen-bond acceptors (Lipinski definition) is 2. The van der Waals surface area contributed by atoms with Crippen molar-refractivity contribution in [2.45, 2.75) is 57.4 Å². The van der Waals surface area contributed by atoms with Crippen LogP contribution in [0, 0.1) is 23.2 Å². The fraction of sp³-hybridized carbons (Fsp3) is 0.941. The van der Waals surface area contributed by atoms with E-state index in [1.165, 1.54) is 38.5 Å².